The number of unbranched alkanes of at least 4 members (excludes halogenated alkanes) is 6. The number of halogens is 1. The smallest absolute Gasteiger partial charge is 0.212 e. The quantitative estimate of drug-likeness (QED) is 0.434. The van der Waals surface area contributed by atoms with Crippen molar-refractivity contribution in [1.29, 1.82) is 0 Å². The molecule has 0 heterocycles. The topological polar surface area (TPSA) is 49.4 Å². The highest BCUT2D eigenvalue weighted by atomic mass is 32.2. The Kier molecular flexibility index (Phi) is 10.5. The lowest BCUT2D eigenvalue weighted by molar-refractivity contribution is 0.0606. The fourth-order valence-electron chi connectivity index (χ4n) is 1.40. The van der Waals surface area contributed by atoms with Crippen LogP contribution in [0.3, 0.4) is 0 Å². The highest BCUT2D eigenvalue weighted by Gasteiger charge is 2.05. The van der Waals surface area contributed by atoms with E-state index in [-0.39, 0.29) is 6.42 Å². The molecule has 0 fully saturated rings. The van der Waals surface area contributed by atoms with Crippen LogP contribution >= 0.6 is 0 Å². The molecule has 92 valence electrons. The molecule has 0 aromatic heterocycles. The second-order valence-electron chi connectivity index (χ2n) is 3.62. The first-order valence-corrected chi connectivity index (χ1v) is 6.57. The molecule has 0 N–H and O–H groups in total. The van der Waals surface area contributed by atoms with Crippen molar-refractivity contribution in [3.63, 3.8) is 0 Å². The summed E-state index contributed by atoms with van der Waals surface area (Å²) >= 11 is -2.73. The fraction of sp³-hybridized carbons (Fsp3) is 1.00. The third kappa shape index (κ3) is 11.9. The van der Waals surface area contributed by atoms with Crippen molar-refractivity contribution < 1.29 is 17.3 Å². The molecule has 2 unspecified atom stereocenters. The van der Waals surface area contributed by atoms with E-state index in [0.29, 0.717) is 6.42 Å². The molecule has 5 heteroatoms. The summed E-state index contributed by atoms with van der Waals surface area (Å²) < 4.78 is 36.5. The summed E-state index contributed by atoms with van der Waals surface area (Å²) in [5.41, 5.74) is 0. The van der Waals surface area contributed by atoms with Gasteiger partial charge < -0.3 is 4.55 Å². The lowest BCUT2D eigenvalue weighted by Gasteiger charge is -2.10. The van der Waals surface area contributed by atoms with Crippen LogP contribution in [0.1, 0.15) is 58.3 Å². The van der Waals surface area contributed by atoms with E-state index in [2.05, 4.69) is 11.1 Å². The first kappa shape index (κ1) is 15.0. The second-order valence-corrected chi connectivity index (χ2v) is 4.22. The monoisotopic (exact) mass is 239 g/mol. The Bertz CT molecular complexity index is 167. The maximum absolute atomic E-state index is 12.7. The van der Waals surface area contributed by atoms with Crippen LogP contribution in [-0.2, 0) is 15.5 Å². The summed E-state index contributed by atoms with van der Waals surface area (Å²) in [5, 5.41) is 0. The Morgan fingerprint density at radius 3 is 2.27 bits per heavy atom. The van der Waals surface area contributed by atoms with Gasteiger partial charge in [-0.25, -0.2) is 8.60 Å². The van der Waals surface area contributed by atoms with Crippen LogP contribution < -0.4 is 0 Å². The van der Waals surface area contributed by atoms with Crippen LogP contribution in [0.25, 0.3) is 0 Å². The Morgan fingerprint density at radius 1 is 1.20 bits per heavy atom. The molecule has 0 aliphatic rings. The van der Waals surface area contributed by atoms with Crippen LogP contribution in [0.2, 0.25) is 0 Å². The highest BCUT2D eigenvalue weighted by Crippen LogP contribution is 2.12. The minimum absolute atomic E-state index is 0.168. The van der Waals surface area contributed by atoms with Gasteiger partial charge in [-0.05, 0) is 6.42 Å². The Morgan fingerprint density at radius 2 is 1.73 bits per heavy atom. The van der Waals surface area contributed by atoms with Gasteiger partial charge in [0, 0.05) is 6.42 Å². The van der Waals surface area contributed by atoms with Gasteiger partial charge in [-0.3, -0.25) is 4.18 Å². The zero-order valence-corrected chi connectivity index (χ0v) is 10.1. The van der Waals surface area contributed by atoms with Crippen LogP contribution in [-0.4, -0.2) is 15.1 Å². The molecular formula is C10H20FO3S-. The molecule has 0 rings (SSSR count). The van der Waals surface area contributed by atoms with Gasteiger partial charge in [0.15, 0.2) is 0 Å². The number of rotatable bonds is 10. The molecule has 0 saturated carbocycles. The molecule has 0 bridgehead atoms. The molecule has 0 aliphatic carbocycles. The lowest BCUT2D eigenvalue weighted by atomic mass is 10.1. The van der Waals surface area contributed by atoms with Crippen molar-refractivity contribution in [3.8, 4) is 0 Å². The molecule has 0 aromatic rings. The molecule has 15 heavy (non-hydrogen) atoms. The average Bonchev–Trinajstić information content (AvgIpc) is 2.15. The standard InChI is InChI=1S/C10H21FO3S/c1-2-3-4-5-6-7-8-9-10(11)14-15(12)13/h10H,2-9H2,1H3,(H,12,13)/p-1. The van der Waals surface area contributed by atoms with E-state index in [9.17, 15) is 13.2 Å². The van der Waals surface area contributed by atoms with Crippen molar-refractivity contribution in [3.05, 3.63) is 0 Å². The Balaban J connectivity index is 3.13. The van der Waals surface area contributed by atoms with Gasteiger partial charge in [0.1, 0.15) is 0 Å². The van der Waals surface area contributed by atoms with Gasteiger partial charge >= 0.3 is 0 Å². The van der Waals surface area contributed by atoms with Gasteiger partial charge in [-0.15, -0.1) is 0 Å². The maximum Gasteiger partial charge on any atom is 0.212 e. The summed E-state index contributed by atoms with van der Waals surface area (Å²) in [6.45, 7) is 2.16. The van der Waals surface area contributed by atoms with Gasteiger partial charge in [0.25, 0.3) is 0 Å². The molecule has 2 atom stereocenters. The first-order valence-electron chi connectivity index (χ1n) is 5.57. The summed E-state index contributed by atoms with van der Waals surface area (Å²) in [6, 6.07) is 0. The zero-order chi connectivity index (χ0) is 11.5. The third-order valence-electron chi connectivity index (χ3n) is 2.22. The van der Waals surface area contributed by atoms with Gasteiger partial charge in [-0.1, -0.05) is 45.4 Å². The van der Waals surface area contributed by atoms with Crippen LogP contribution in [0, 0.1) is 0 Å². The predicted molar refractivity (Wildman–Crippen MR) is 57.5 cm³/mol. The predicted octanol–water partition coefficient (Wildman–Crippen LogP) is 3.23. The lowest BCUT2D eigenvalue weighted by Crippen LogP contribution is -2.08. The summed E-state index contributed by atoms with van der Waals surface area (Å²) in [4.78, 5) is 0. The van der Waals surface area contributed by atoms with Crippen molar-refractivity contribution in [1.82, 2.24) is 0 Å². The molecule has 0 amide bonds. The Labute approximate surface area is 93.9 Å². The SMILES string of the molecule is CCCCCCCCCC(F)OS(=O)[O-]. The molecule has 0 spiro atoms. The minimum atomic E-state index is -2.73. The van der Waals surface area contributed by atoms with Crippen molar-refractivity contribution >= 4 is 11.4 Å². The van der Waals surface area contributed by atoms with E-state index in [0.717, 1.165) is 12.8 Å². The zero-order valence-electron chi connectivity index (χ0n) is 9.25. The van der Waals surface area contributed by atoms with Crippen molar-refractivity contribution in [2.24, 2.45) is 0 Å². The van der Waals surface area contributed by atoms with Gasteiger partial charge in [0.2, 0.25) is 6.36 Å². The third-order valence-corrected chi connectivity index (χ3v) is 2.58. The largest absolute Gasteiger partial charge is 0.750 e. The van der Waals surface area contributed by atoms with E-state index in [1.54, 1.807) is 0 Å². The van der Waals surface area contributed by atoms with E-state index in [1.165, 1.54) is 25.7 Å². The molecule has 0 aromatic carbocycles. The molecule has 3 nitrogen and oxygen atoms in total. The fourth-order valence-corrected chi connectivity index (χ4v) is 1.66. The molecular weight excluding hydrogens is 219 g/mol. The van der Waals surface area contributed by atoms with Gasteiger partial charge in [-0.2, -0.15) is 0 Å². The highest BCUT2D eigenvalue weighted by molar-refractivity contribution is 7.74. The van der Waals surface area contributed by atoms with Crippen LogP contribution in [0.15, 0.2) is 0 Å². The average molecular weight is 239 g/mol. The number of hydrogen-bond acceptors (Lipinski definition) is 3. The van der Waals surface area contributed by atoms with Gasteiger partial charge in [0.05, 0.1) is 11.4 Å². The van der Waals surface area contributed by atoms with Crippen molar-refractivity contribution in [2.45, 2.75) is 64.6 Å². The van der Waals surface area contributed by atoms with Crippen LogP contribution in [0.4, 0.5) is 4.39 Å². The van der Waals surface area contributed by atoms with Crippen molar-refractivity contribution in [2.75, 3.05) is 0 Å². The molecule has 0 aliphatic heterocycles. The summed E-state index contributed by atoms with van der Waals surface area (Å²) in [6.07, 6.45) is 6.10. The number of alkyl halides is 1. The van der Waals surface area contributed by atoms with E-state index < -0.39 is 17.7 Å². The van der Waals surface area contributed by atoms with E-state index in [1.807, 2.05) is 0 Å². The van der Waals surface area contributed by atoms with E-state index >= 15 is 0 Å². The molecule has 0 saturated heterocycles. The summed E-state index contributed by atoms with van der Waals surface area (Å²) in [5.74, 6) is 0. The van der Waals surface area contributed by atoms with E-state index in [4.69, 9.17) is 0 Å². The normalized spacial score (nSPS) is 15.1. The second kappa shape index (κ2) is 10.5. The summed E-state index contributed by atoms with van der Waals surface area (Å²) in [7, 11) is 0. The number of hydrogen-bond donors (Lipinski definition) is 0. The molecule has 0 radical (unpaired) electrons. The first-order chi connectivity index (χ1) is 7.16. The Hall–Kier alpha value is -0.0000000000000000486. The maximum atomic E-state index is 12.7. The van der Waals surface area contributed by atoms with Crippen LogP contribution in [0.5, 0.6) is 0 Å². The minimum Gasteiger partial charge on any atom is -0.750 e.